The lowest BCUT2D eigenvalue weighted by molar-refractivity contribution is -0.164. The lowest BCUT2D eigenvalue weighted by atomic mass is 10.0. The zero-order valence-electron chi connectivity index (χ0n) is 8.57. The fraction of sp³-hybridized carbons (Fsp3) is 0.900. The molecule has 0 aromatic heterocycles. The van der Waals surface area contributed by atoms with Gasteiger partial charge in [0.05, 0.1) is 13.7 Å². The molecule has 0 spiro atoms. The van der Waals surface area contributed by atoms with Gasteiger partial charge in [0.1, 0.15) is 0 Å². The maximum Gasteiger partial charge on any atom is 0.336 e. The van der Waals surface area contributed by atoms with Crippen LogP contribution in [0.15, 0.2) is 0 Å². The van der Waals surface area contributed by atoms with Crippen molar-refractivity contribution in [1.29, 1.82) is 0 Å². The van der Waals surface area contributed by atoms with Crippen LogP contribution in [0.2, 0.25) is 0 Å². The van der Waals surface area contributed by atoms with Gasteiger partial charge in [-0.25, -0.2) is 4.79 Å². The molecule has 2 saturated heterocycles. The Hall–Kier alpha value is -0.610. The summed E-state index contributed by atoms with van der Waals surface area (Å²) in [5.41, 5.74) is 0. The fourth-order valence-corrected chi connectivity index (χ4v) is 2.26. The van der Waals surface area contributed by atoms with E-state index in [2.05, 4.69) is 9.64 Å². The fourth-order valence-electron chi connectivity index (χ4n) is 2.26. The van der Waals surface area contributed by atoms with E-state index >= 15 is 0 Å². The summed E-state index contributed by atoms with van der Waals surface area (Å²) in [7, 11) is 1.41. The Kier molecular flexibility index (Phi) is 3.03. The van der Waals surface area contributed by atoms with Crippen LogP contribution in [0.1, 0.15) is 19.3 Å². The number of carbonyl (C=O) groups is 1. The summed E-state index contributed by atoms with van der Waals surface area (Å²) < 4.78 is 10.2. The van der Waals surface area contributed by atoms with Crippen LogP contribution in [0.25, 0.3) is 0 Å². The van der Waals surface area contributed by atoms with Crippen molar-refractivity contribution in [3.8, 4) is 0 Å². The molecule has 2 atom stereocenters. The molecule has 2 aliphatic rings. The minimum Gasteiger partial charge on any atom is -0.467 e. The number of fused-ring (bicyclic) bond motifs is 1. The Balaban J connectivity index is 1.92. The van der Waals surface area contributed by atoms with E-state index in [0.29, 0.717) is 19.2 Å². The molecule has 0 aliphatic carbocycles. The monoisotopic (exact) mass is 199 g/mol. The van der Waals surface area contributed by atoms with Crippen molar-refractivity contribution in [3.05, 3.63) is 0 Å². The van der Waals surface area contributed by atoms with Gasteiger partial charge in [-0.05, 0) is 19.4 Å². The van der Waals surface area contributed by atoms with E-state index in [0.717, 1.165) is 6.54 Å². The highest BCUT2D eigenvalue weighted by molar-refractivity contribution is 5.74. The van der Waals surface area contributed by atoms with Gasteiger partial charge in [0, 0.05) is 12.6 Å². The van der Waals surface area contributed by atoms with Crippen molar-refractivity contribution < 1.29 is 14.3 Å². The molecule has 0 bridgehead atoms. The molecular formula is C10H17NO3. The van der Waals surface area contributed by atoms with Crippen molar-refractivity contribution in [2.24, 2.45) is 0 Å². The molecule has 4 nitrogen and oxygen atoms in total. The smallest absolute Gasteiger partial charge is 0.336 e. The molecule has 80 valence electrons. The number of hydrogen-bond donors (Lipinski definition) is 0. The zero-order chi connectivity index (χ0) is 9.97. The molecule has 4 heteroatoms. The van der Waals surface area contributed by atoms with Crippen LogP contribution in [-0.4, -0.2) is 49.8 Å². The maximum atomic E-state index is 11.3. The lowest BCUT2D eigenvalue weighted by Gasteiger charge is -2.41. The van der Waals surface area contributed by atoms with E-state index < -0.39 is 0 Å². The Bertz CT molecular complexity index is 219. The highest BCUT2D eigenvalue weighted by Crippen LogP contribution is 2.22. The van der Waals surface area contributed by atoms with Gasteiger partial charge >= 0.3 is 5.97 Å². The van der Waals surface area contributed by atoms with Gasteiger partial charge in [0.2, 0.25) is 0 Å². The molecule has 0 radical (unpaired) electrons. The predicted molar refractivity (Wildman–Crippen MR) is 51.0 cm³/mol. The van der Waals surface area contributed by atoms with Crippen molar-refractivity contribution in [3.63, 3.8) is 0 Å². The topological polar surface area (TPSA) is 38.8 Å². The minimum absolute atomic E-state index is 0.242. The number of ether oxygens (including phenoxy) is 2. The van der Waals surface area contributed by atoms with Gasteiger partial charge < -0.3 is 9.47 Å². The normalized spacial score (nSPS) is 33.5. The summed E-state index contributed by atoms with van der Waals surface area (Å²) in [6, 6.07) is 0.532. The molecule has 2 heterocycles. The van der Waals surface area contributed by atoms with Crippen LogP contribution in [0.3, 0.4) is 0 Å². The number of hydrogen-bond acceptors (Lipinski definition) is 4. The summed E-state index contributed by atoms with van der Waals surface area (Å²) in [5.74, 6) is -0.242. The Morgan fingerprint density at radius 1 is 1.50 bits per heavy atom. The van der Waals surface area contributed by atoms with Crippen molar-refractivity contribution in [1.82, 2.24) is 4.90 Å². The van der Waals surface area contributed by atoms with Crippen LogP contribution < -0.4 is 0 Å². The Labute approximate surface area is 84.2 Å². The quantitative estimate of drug-likeness (QED) is 0.573. The number of methoxy groups -OCH3 is 1. The molecule has 2 rings (SSSR count). The summed E-state index contributed by atoms with van der Waals surface area (Å²) in [5, 5.41) is 0. The maximum absolute atomic E-state index is 11.3. The number of morpholine rings is 1. The first-order valence-corrected chi connectivity index (χ1v) is 5.24. The standard InChI is InChI=1S/C10H17NO3/c1-13-10(12)9-6-11-5-3-2-4-8(11)7-14-9/h8-9H,2-7H2,1H3/t8-,9+/m1/s1. The Morgan fingerprint density at radius 2 is 2.36 bits per heavy atom. The second-order valence-corrected chi connectivity index (χ2v) is 3.99. The Morgan fingerprint density at radius 3 is 3.14 bits per heavy atom. The molecule has 0 N–H and O–H groups in total. The highest BCUT2D eigenvalue weighted by atomic mass is 16.6. The van der Waals surface area contributed by atoms with Gasteiger partial charge in [-0.15, -0.1) is 0 Å². The molecule has 0 aromatic rings. The van der Waals surface area contributed by atoms with E-state index in [1.807, 2.05) is 0 Å². The average molecular weight is 199 g/mol. The first kappa shape index (κ1) is 9.93. The molecule has 2 fully saturated rings. The van der Waals surface area contributed by atoms with Crippen LogP contribution in [0.4, 0.5) is 0 Å². The third-order valence-electron chi connectivity index (χ3n) is 3.10. The third kappa shape index (κ3) is 1.91. The largest absolute Gasteiger partial charge is 0.467 e. The van der Waals surface area contributed by atoms with Crippen molar-refractivity contribution >= 4 is 5.97 Å². The van der Waals surface area contributed by atoms with Crippen LogP contribution >= 0.6 is 0 Å². The lowest BCUT2D eigenvalue weighted by Crippen LogP contribution is -2.53. The highest BCUT2D eigenvalue weighted by Gasteiger charge is 2.34. The van der Waals surface area contributed by atoms with Crippen LogP contribution in [0, 0.1) is 0 Å². The van der Waals surface area contributed by atoms with Crippen LogP contribution in [0.5, 0.6) is 0 Å². The number of nitrogens with zero attached hydrogens (tertiary/aromatic N) is 1. The molecule has 0 aromatic carbocycles. The number of rotatable bonds is 1. The summed E-state index contributed by atoms with van der Waals surface area (Å²) in [6.07, 6.45) is 3.36. The van der Waals surface area contributed by atoms with E-state index in [9.17, 15) is 4.79 Å². The molecule has 14 heavy (non-hydrogen) atoms. The minimum atomic E-state index is -0.366. The van der Waals surface area contributed by atoms with E-state index in [1.165, 1.54) is 26.4 Å². The second-order valence-electron chi connectivity index (χ2n) is 3.99. The third-order valence-corrected chi connectivity index (χ3v) is 3.10. The average Bonchev–Trinajstić information content (AvgIpc) is 2.27. The van der Waals surface area contributed by atoms with Crippen LogP contribution in [-0.2, 0) is 14.3 Å². The molecule has 0 saturated carbocycles. The molecule has 2 aliphatic heterocycles. The van der Waals surface area contributed by atoms with Crippen molar-refractivity contribution in [2.75, 3.05) is 26.8 Å². The van der Waals surface area contributed by atoms with Gasteiger partial charge in [0.25, 0.3) is 0 Å². The van der Waals surface area contributed by atoms with Gasteiger partial charge in [0.15, 0.2) is 6.10 Å². The summed E-state index contributed by atoms with van der Waals surface area (Å²) in [4.78, 5) is 13.6. The number of esters is 1. The molecular weight excluding hydrogens is 182 g/mol. The van der Waals surface area contributed by atoms with E-state index in [-0.39, 0.29) is 12.1 Å². The zero-order valence-corrected chi connectivity index (χ0v) is 8.57. The second kappa shape index (κ2) is 4.28. The van der Waals surface area contributed by atoms with Gasteiger partial charge in [-0.1, -0.05) is 6.42 Å². The molecule has 0 amide bonds. The van der Waals surface area contributed by atoms with E-state index in [4.69, 9.17) is 4.74 Å². The first-order chi connectivity index (χ1) is 6.81. The summed E-state index contributed by atoms with van der Waals surface area (Å²) >= 11 is 0. The SMILES string of the molecule is COC(=O)[C@@H]1CN2CCCC[C@@H]2CO1. The van der Waals surface area contributed by atoms with E-state index in [1.54, 1.807) is 0 Å². The number of piperidine rings is 1. The van der Waals surface area contributed by atoms with Crippen molar-refractivity contribution in [2.45, 2.75) is 31.4 Å². The molecule has 0 unspecified atom stereocenters. The number of carbonyl (C=O) groups excluding carboxylic acids is 1. The van der Waals surface area contributed by atoms with Gasteiger partial charge in [-0.2, -0.15) is 0 Å². The van der Waals surface area contributed by atoms with Gasteiger partial charge in [-0.3, -0.25) is 4.90 Å². The summed E-state index contributed by atoms with van der Waals surface area (Å²) in [6.45, 7) is 2.48. The predicted octanol–water partition coefficient (Wildman–Crippen LogP) is 0.413. The first-order valence-electron chi connectivity index (χ1n) is 5.24.